The van der Waals surface area contributed by atoms with Crippen molar-refractivity contribution in [2.24, 2.45) is 14.1 Å². The Morgan fingerprint density at radius 1 is 1.12 bits per heavy atom. The molecular formula is C17H26ClN5O3. The van der Waals surface area contributed by atoms with Crippen LogP contribution in [0.25, 0.3) is 11.2 Å². The predicted molar refractivity (Wildman–Crippen MR) is 102 cm³/mol. The summed E-state index contributed by atoms with van der Waals surface area (Å²) in [5, 5.41) is 0.0138. The van der Waals surface area contributed by atoms with Crippen molar-refractivity contribution in [1.29, 1.82) is 0 Å². The number of imidazole rings is 1. The lowest BCUT2D eigenvalue weighted by atomic mass is 10.1. The summed E-state index contributed by atoms with van der Waals surface area (Å²) in [6.07, 6.45) is 1.65. The van der Waals surface area contributed by atoms with Gasteiger partial charge in [0.15, 0.2) is 11.2 Å². The smallest absolute Gasteiger partial charge is 0.332 e. The van der Waals surface area contributed by atoms with Crippen LogP contribution >= 0.6 is 11.6 Å². The predicted octanol–water partition coefficient (Wildman–Crippen LogP) is 1.51. The van der Waals surface area contributed by atoms with E-state index in [1.54, 1.807) is 0 Å². The van der Waals surface area contributed by atoms with E-state index < -0.39 is 11.2 Å². The molecule has 2 rings (SSSR count). The first-order valence-electron chi connectivity index (χ1n) is 8.78. The maximum Gasteiger partial charge on any atom is 0.332 e. The Morgan fingerprint density at radius 3 is 2.15 bits per heavy atom. The normalized spacial score (nSPS) is 13.8. The van der Waals surface area contributed by atoms with Gasteiger partial charge in [-0.1, -0.05) is 13.8 Å². The molecule has 0 aliphatic heterocycles. The van der Waals surface area contributed by atoms with Gasteiger partial charge in [-0.3, -0.25) is 23.3 Å². The third-order valence-electron chi connectivity index (χ3n) is 5.01. The van der Waals surface area contributed by atoms with Crippen LogP contribution in [0.5, 0.6) is 0 Å². The Bertz CT molecular complexity index is 932. The van der Waals surface area contributed by atoms with Crippen molar-refractivity contribution < 1.29 is 4.79 Å². The number of hydrogen-bond donors (Lipinski definition) is 0. The van der Waals surface area contributed by atoms with E-state index in [1.807, 2.05) is 32.6 Å². The first-order valence-corrected chi connectivity index (χ1v) is 9.16. The van der Waals surface area contributed by atoms with Gasteiger partial charge in [0.1, 0.15) is 6.54 Å². The molecule has 0 radical (unpaired) electrons. The van der Waals surface area contributed by atoms with Crippen LogP contribution in [0.4, 0.5) is 0 Å². The summed E-state index contributed by atoms with van der Waals surface area (Å²) in [6.45, 7) is 7.95. The van der Waals surface area contributed by atoms with E-state index in [0.717, 1.165) is 17.4 Å². The van der Waals surface area contributed by atoms with Gasteiger partial charge < -0.3 is 4.90 Å². The van der Waals surface area contributed by atoms with Crippen LogP contribution < -0.4 is 11.2 Å². The average Bonchev–Trinajstić information content (AvgIpc) is 2.94. The van der Waals surface area contributed by atoms with E-state index >= 15 is 0 Å². The maximum atomic E-state index is 13.0. The number of carbonyl (C=O) groups excluding carboxylic acids is 1. The van der Waals surface area contributed by atoms with E-state index in [4.69, 9.17) is 11.6 Å². The summed E-state index contributed by atoms with van der Waals surface area (Å²) < 4.78 is 3.63. The fourth-order valence-corrected chi connectivity index (χ4v) is 3.32. The van der Waals surface area contributed by atoms with Gasteiger partial charge in [0, 0.05) is 26.2 Å². The maximum absolute atomic E-state index is 13.0. The van der Waals surface area contributed by atoms with Gasteiger partial charge in [-0.05, 0) is 38.3 Å². The fourth-order valence-electron chi connectivity index (χ4n) is 3.10. The average molecular weight is 384 g/mol. The molecule has 0 bridgehead atoms. The van der Waals surface area contributed by atoms with Crippen molar-refractivity contribution in [3.63, 3.8) is 0 Å². The van der Waals surface area contributed by atoms with Crippen LogP contribution in [0.15, 0.2) is 9.59 Å². The summed E-state index contributed by atoms with van der Waals surface area (Å²) in [5.41, 5.74) is -0.680. The molecule has 9 heteroatoms. The second kappa shape index (κ2) is 7.65. The van der Waals surface area contributed by atoms with Crippen molar-refractivity contribution in [2.45, 2.75) is 59.2 Å². The zero-order valence-electron chi connectivity index (χ0n) is 16.1. The minimum atomic E-state index is -0.520. The van der Waals surface area contributed by atoms with E-state index in [1.165, 1.54) is 23.2 Å². The van der Waals surface area contributed by atoms with Gasteiger partial charge in [0.05, 0.1) is 0 Å². The summed E-state index contributed by atoms with van der Waals surface area (Å²) >= 11 is 6.21. The Hall–Kier alpha value is -2.09. The largest absolute Gasteiger partial charge is 0.336 e. The second-order valence-corrected chi connectivity index (χ2v) is 7.00. The lowest BCUT2D eigenvalue weighted by molar-refractivity contribution is -0.136. The zero-order valence-corrected chi connectivity index (χ0v) is 16.9. The molecule has 8 nitrogen and oxygen atoms in total. The van der Waals surface area contributed by atoms with E-state index in [-0.39, 0.29) is 41.0 Å². The van der Waals surface area contributed by atoms with Crippen molar-refractivity contribution in [1.82, 2.24) is 23.6 Å². The molecule has 0 saturated heterocycles. The van der Waals surface area contributed by atoms with Crippen LogP contribution in [0, 0.1) is 0 Å². The number of halogens is 1. The molecule has 26 heavy (non-hydrogen) atoms. The standard InChI is InChI=1S/C17H26ClN5O3/c1-7-10(3)23(11(4)8-2)12(24)9-22-13-14(19-16(22)18)20(5)17(26)21(6)15(13)25/h10-11H,7-9H2,1-6H3/t10-,11-/m1/s1. The van der Waals surface area contributed by atoms with Crippen molar-refractivity contribution >= 4 is 28.7 Å². The van der Waals surface area contributed by atoms with Gasteiger partial charge in [0.2, 0.25) is 11.2 Å². The molecule has 2 aromatic rings. The number of nitrogens with zero attached hydrogens (tertiary/aromatic N) is 5. The number of hydrogen-bond acceptors (Lipinski definition) is 4. The number of aromatic nitrogens is 4. The van der Waals surface area contributed by atoms with Gasteiger partial charge in [0.25, 0.3) is 5.56 Å². The highest BCUT2D eigenvalue weighted by Crippen LogP contribution is 2.18. The number of amides is 1. The van der Waals surface area contributed by atoms with Gasteiger partial charge >= 0.3 is 5.69 Å². The molecule has 144 valence electrons. The first kappa shape index (κ1) is 20.2. The monoisotopic (exact) mass is 383 g/mol. The first-order chi connectivity index (χ1) is 12.1. The summed E-state index contributed by atoms with van der Waals surface area (Å²) in [4.78, 5) is 43.6. The van der Waals surface area contributed by atoms with E-state index in [9.17, 15) is 14.4 Å². The Balaban J connectivity index is 2.58. The molecule has 0 aliphatic rings. The van der Waals surface area contributed by atoms with Crippen molar-refractivity contribution in [3.05, 3.63) is 26.1 Å². The molecule has 0 saturated carbocycles. The Labute approximate surface area is 157 Å². The van der Waals surface area contributed by atoms with Crippen molar-refractivity contribution in [2.75, 3.05) is 0 Å². The molecular weight excluding hydrogens is 358 g/mol. The SMILES string of the molecule is CC[C@@H](C)N(C(=O)Cn1c(Cl)nc2c1c(=O)n(C)c(=O)n2C)[C@H](C)CC. The summed E-state index contributed by atoms with van der Waals surface area (Å²) in [5.74, 6) is -0.134. The minimum absolute atomic E-state index is 0.0138. The molecule has 0 fully saturated rings. The minimum Gasteiger partial charge on any atom is -0.336 e. The van der Waals surface area contributed by atoms with Crippen LogP contribution in [-0.2, 0) is 25.4 Å². The number of aryl methyl sites for hydroxylation is 1. The number of carbonyl (C=O) groups is 1. The van der Waals surface area contributed by atoms with Gasteiger partial charge in [-0.2, -0.15) is 4.98 Å². The third-order valence-corrected chi connectivity index (χ3v) is 5.30. The lowest BCUT2D eigenvalue weighted by Crippen LogP contribution is -2.46. The Morgan fingerprint density at radius 2 is 1.65 bits per heavy atom. The van der Waals surface area contributed by atoms with E-state index in [0.29, 0.717) is 0 Å². The zero-order chi connectivity index (χ0) is 19.8. The molecule has 1 amide bonds. The van der Waals surface area contributed by atoms with Crippen LogP contribution in [0.2, 0.25) is 5.28 Å². The van der Waals surface area contributed by atoms with E-state index in [2.05, 4.69) is 4.98 Å². The van der Waals surface area contributed by atoms with Crippen LogP contribution in [-0.4, -0.2) is 41.6 Å². The molecule has 2 heterocycles. The molecule has 0 spiro atoms. The topological polar surface area (TPSA) is 82.1 Å². The Kier molecular flexibility index (Phi) is 5.95. The summed E-state index contributed by atoms with van der Waals surface area (Å²) in [7, 11) is 2.91. The van der Waals surface area contributed by atoms with Crippen molar-refractivity contribution in [3.8, 4) is 0 Å². The number of rotatable bonds is 6. The lowest BCUT2D eigenvalue weighted by Gasteiger charge is -2.34. The second-order valence-electron chi connectivity index (χ2n) is 6.66. The highest BCUT2D eigenvalue weighted by atomic mass is 35.5. The van der Waals surface area contributed by atoms with Gasteiger partial charge in [-0.15, -0.1) is 0 Å². The van der Waals surface area contributed by atoms with Crippen LogP contribution in [0.1, 0.15) is 40.5 Å². The molecule has 0 N–H and O–H groups in total. The molecule has 2 atom stereocenters. The summed E-state index contributed by atoms with van der Waals surface area (Å²) in [6, 6.07) is 0.136. The third kappa shape index (κ3) is 3.30. The molecule has 0 aromatic carbocycles. The molecule has 0 unspecified atom stereocenters. The molecule has 2 aromatic heterocycles. The highest BCUT2D eigenvalue weighted by molar-refractivity contribution is 6.29. The molecule has 0 aliphatic carbocycles. The number of fused-ring (bicyclic) bond motifs is 1. The van der Waals surface area contributed by atoms with Gasteiger partial charge in [-0.25, -0.2) is 4.79 Å². The fraction of sp³-hybridized carbons (Fsp3) is 0.647. The highest BCUT2D eigenvalue weighted by Gasteiger charge is 2.26. The van der Waals surface area contributed by atoms with Crippen LogP contribution in [0.3, 0.4) is 0 Å². The quantitative estimate of drug-likeness (QED) is 0.708.